The number of fused-ring (bicyclic) bond motifs is 3. The van der Waals surface area contributed by atoms with Crippen LogP contribution in [-0.4, -0.2) is 60.5 Å². The third kappa shape index (κ3) is 2.29. The largest absolute Gasteiger partial charge is 0.507 e. The second-order valence-electron chi connectivity index (χ2n) is 7.24. The van der Waals surface area contributed by atoms with Gasteiger partial charge in [-0.1, -0.05) is 12.1 Å². The summed E-state index contributed by atoms with van der Waals surface area (Å²) in [6.07, 6.45) is -1.82. The van der Waals surface area contributed by atoms with Gasteiger partial charge in [0.05, 0.1) is 28.9 Å². The predicted molar refractivity (Wildman–Crippen MR) is 94.8 cm³/mol. The third-order valence-corrected chi connectivity index (χ3v) is 5.71. The minimum absolute atomic E-state index is 0.00463. The van der Waals surface area contributed by atoms with Crippen LogP contribution in [-0.2, 0) is 12.8 Å². The maximum Gasteiger partial charge on any atom is 0.202 e. The Morgan fingerprint density at radius 1 is 0.964 bits per heavy atom. The summed E-state index contributed by atoms with van der Waals surface area (Å²) in [4.78, 5) is 25.8. The number of phenolic OH excluding ortho intramolecular Hbond substituents is 3. The van der Waals surface area contributed by atoms with Crippen LogP contribution in [0.3, 0.4) is 0 Å². The van der Waals surface area contributed by atoms with Crippen LogP contribution in [0.1, 0.15) is 49.4 Å². The summed E-state index contributed by atoms with van der Waals surface area (Å²) in [5.74, 6) is -2.98. The Balaban J connectivity index is 1.96. The van der Waals surface area contributed by atoms with Crippen LogP contribution >= 0.6 is 0 Å². The zero-order valence-electron chi connectivity index (χ0n) is 14.6. The lowest BCUT2D eigenvalue weighted by Gasteiger charge is -2.38. The van der Waals surface area contributed by atoms with Gasteiger partial charge in [-0.25, -0.2) is 0 Å². The molecule has 0 aromatic heterocycles. The van der Waals surface area contributed by atoms with Gasteiger partial charge >= 0.3 is 0 Å². The Labute approximate surface area is 158 Å². The molecule has 0 radical (unpaired) electrons. The first-order valence-corrected chi connectivity index (χ1v) is 8.73. The van der Waals surface area contributed by atoms with Crippen molar-refractivity contribution in [2.75, 3.05) is 6.61 Å². The van der Waals surface area contributed by atoms with E-state index in [1.807, 2.05) is 0 Å². The maximum atomic E-state index is 12.9. The lowest BCUT2D eigenvalue weighted by Crippen LogP contribution is -2.48. The number of phenols is 3. The van der Waals surface area contributed by atoms with Gasteiger partial charge in [0, 0.05) is 23.1 Å². The van der Waals surface area contributed by atoms with Gasteiger partial charge in [-0.15, -0.1) is 0 Å². The van der Waals surface area contributed by atoms with Gasteiger partial charge in [0.25, 0.3) is 0 Å². The highest BCUT2D eigenvalue weighted by molar-refractivity contribution is 6.31. The average Bonchev–Trinajstić information content (AvgIpc) is 2.67. The number of hydrogen-bond donors (Lipinski definition) is 6. The molecule has 2 atom stereocenters. The van der Waals surface area contributed by atoms with Crippen molar-refractivity contribution >= 4 is 11.6 Å². The van der Waals surface area contributed by atoms with Crippen LogP contribution in [0.15, 0.2) is 18.2 Å². The van der Waals surface area contributed by atoms with E-state index in [0.717, 1.165) is 0 Å². The number of rotatable bonds is 2. The van der Waals surface area contributed by atoms with Gasteiger partial charge in [-0.2, -0.15) is 0 Å². The molecule has 2 aromatic carbocycles. The standard InChI is InChI=1S/C20H18O8/c21-7-12(23)20(28)5-4-8-10(6-20)18(26)14-15(16(8)24)19(27)13-9(17(14)25)2-1-3-11(13)22/h1-3,12,21-24,26,28H,4-7H2/t12?,20-/m1/s1. The molecular formula is C20H18O8. The van der Waals surface area contributed by atoms with Crippen LogP contribution in [0.25, 0.3) is 0 Å². The number of carbonyl (C=O) groups excluding carboxylic acids is 2. The van der Waals surface area contributed by atoms with Crippen molar-refractivity contribution in [2.45, 2.75) is 31.0 Å². The van der Waals surface area contributed by atoms with Gasteiger partial charge < -0.3 is 30.6 Å². The number of benzene rings is 2. The topological polar surface area (TPSA) is 156 Å². The van der Waals surface area contributed by atoms with E-state index in [-0.39, 0.29) is 47.1 Å². The molecule has 0 saturated carbocycles. The molecule has 0 fully saturated rings. The van der Waals surface area contributed by atoms with Gasteiger partial charge in [0.2, 0.25) is 5.78 Å². The Bertz CT molecular complexity index is 1040. The molecule has 0 saturated heterocycles. The van der Waals surface area contributed by atoms with E-state index in [9.17, 15) is 40.2 Å². The molecule has 146 valence electrons. The van der Waals surface area contributed by atoms with Crippen LogP contribution < -0.4 is 0 Å². The molecule has 8 nitrogen and oxygen atoms in total. The molecule has 28 heavy (non-hydrogen) atoms. The zero-order valence-corrected chi connectivity index (χ0v) is 14.6. The van der Waals surface area contributed by atoms with Crippen molar-refractivity contribution in [3.8, 4) is 17.2 Å². The number of carbonyl (C=O) groups is 2. The molecule has 0 bridgehead atoms. The van der Waals surface area contributed by atoms with E-state index in [0.29, 0.717) is 0 Å². The summed E-state index contributed by atoms with van der Waals surface area (Å²) in [6, 6.07) is 3.97. The van der Waals surface area contributed by atoms with E-state index in [2.05, 4.69) is 0 Å². The minimum Gasteiger partial charge on any atom is -0.507 e. The quantitative estimate of drug-likeness (QED) is 0.340. The molecular weight excluding hydrogens is 368 g/mol. The molecule has 0 spiro atoms. The van der Waals surface area contributed by atoms with Crippen LogP contribution in [0, 0.1) is 0 Å². The summed E-state index contributed by atoms with van der Waals surface area (Å²) in [5, 5.41) is 61.3. The van der Waals surface area contributed by atoms with Crippen molar-refractivity contribution in [3.63, 3.8) is 0 Å². The lowest BCUT2D eigenvalue weighted by molar-refractivity contribution is -0.102. The first kappa shape index (κ1) is 18.4. The van der Waals surface area contributed by atoms with Crippen LogP contribution in [0.5, 0.6) is 17.2 Å². The molecule has 2 aliphatic rings. The number of ketones is 2. The fraction of sp³-hybridized carbons (Fsp3) is 0.300. The second-order valence-corrected chi connectivity index (χ2v) is 7.24. The lowest BCUT2D eigenvalue weighted by atomic mass is 9.72. The normalized spacial score (nSPS) is 21.7. The Morgan fingerprint density at radius 3 is 2.29 bits per heavy atom. The third-order valence-electron chi connectivity index (χ3n) is 5.71. The Kier molecular flexibility index (Phi) is 3.97. The van der Waals surface area contributed by atoms with E-state index < -0.39 is 52.7 Å². The molecule has 0 heterocycles. The molecule has 0 amide bonds. The molecule has 1 unspecified atom stereocenters. The molecule has 4 rings (SSSR count). The zero-order chi connectivity index (χ0) is 20.4. The van der Waals surface area contributed by atoms with Gasteiger partial charge in [-0.3, -0.25) is 9.59 Å². The summed E-state index contributed by atoms with van der Waals surface area (Å²) < 4.78 is 0. The van der Waals surface area contributed by atoms with E-state index in [1.165, 1.54) is 18.2 Å². The highest BCUT2D eigenvalue weighted by atomic mass is 16.4. The summed E-state index contributed by atoms with van der Waals surface area (Å²) >= 11 is 0. The molecule has 2 aromatic rings. The van der Waals surface area contributed by atoms with Crippen molar-refractivity contribution in [1.82, 2.24) is 0 Å². The van der Waals surface area contributed by atoms with Gasteiger partial charge in [0.1, 0.15) is 23.4 Å². The van der Waals surface area contributed by atoms with Crippen LogP contribution in [0.4, 0.5) is 0 Å². The van der Waals surface area contributed by atoms with Crippen molar-refractivity contribution in [2.24, 2.45) is 0 Å². The van der Waals surface area contributed by atoms with Crippen molar-refractivity contribution in [3.05, 3.63) is 51.6 Å². The number of aliphatic hydroxyl groups excluding tert-OH is 2. The second kappa shape index (κ2) is 6.03. The molecule has 2 aliphatic carbocycles. The first-order valence-electron chi connectivity index (χ1n) is 8.73. The monoisotopic (exact) mass is 386 g/mol. The summed E-state index contributed by atoms with van der Waals surface area (Å²) in [5.41, 5.74) is -2.65. The Hall–Kier alpha value is -2.94. The maximum absolute atomic E-state index is 12.9. The fourth-order valence-electron chi connectivity index (χ4n) is 4.14. The van der Waals surface area contributed by atoms with Crippen LogP contribution in [0.2, 0.25) is 0 Å². The average molecular weight is 386 g/mol. The van der Waals surface area contributed by atoms with E-state index in [1.54, 1.807) is 0 Å². The van der Waals surface area contributed by atoms with Crippen molar-refractivity contribution in [1.29, 1.82) is 0 Å². The van der Waals surface area contributed by atoms with E-state index >= 15 is 0 Å². The van der Waals surface area contributed by atoms with Gasteiger partial charge in [-0.05, 0) is 18.9 Å². The molecule has 0 aliphatic heterocycles. The SMILES string of the molecule is O=C1c2cccc(O)c2C(=O)c2c(O)c3c(c(O)c21)C[C@@](O)(C(O)CO)CC3. The minimum atomic E-state index is -1.75. The Morgan fingerprint density at radius 2 is 1.61 bits per heavy atom. The van der Waals surface area contributed by atoms with E-state index in [4.69, 9.17) is 0 Å². The number of aromatic hydroxyl groups is 3. The molecule has 6 N–H and O–H groups in total. The van der Waals surface area contributed by atoms with Gasteiger partial charge in [0.15, 0.2) is 5.78 Å². The smallest absolute Gasteiger partial charge is 0.202 e. The fourth-order valence-corrected chi connectivity index (χ4v) is 4.14. The molecule has 8 heteroatoms. The highest BCUT2D eigenvalue weighted by Crippen LogP contribution is 2.48. The summed E-state index contributed by atoms with van der Waals surface area (Å²) in [6.45, 7) is -0.701. The highest BCUT2D eigenvalue weighted by Gasteiger charge is 2.45. The van der Waals surface area contributed by atoms with Crippen molar-refractivity contribution < 1.29 is 40.2 Å². The number of aliphatic hydroxyl groups is 3. The predicted octanol–water partition coefficient (Wildman–Crippen LogP) is 0.152. The number of hydrogen-bond acceptors (Lipinski definition) is 8. The first-order chi connectivity index (χ1) is 13.2. The summed E-state index contributed by atoms with van der Waals surface area (Å²) in [7, 11) is 0.